The van der Waals surface area contributed by atoms with E-state index in [0.717, 1.165) is 0 Å². The first-order valence-corrected chi connectivity index (χ1v) is 8.51. The summed E-state index contributed by atoms with van der Waals surface area (Å²) in [6.07, 6.45) is 6.46. The predicted molar refractivity (Wildman–Crippen MR) is 99.6 cm³/mol. The van der Waals surface area contributed by atoms with Gasteiger partial charge in [0, 0.05) is 9.77 Å². The van der Waals surface area contributed by atoms with E-state index in [4.69, 9.17) is 4.74 Å². The van der Waals surface area contributed by atoms with Crippen LogP contribution in [0.15, 0.2) is 55.1 Å². The number of hydrogen-bond donors (Lipinski definition) is 1. The first-order valence-electron chi connectivity index (χ1n) is 7.43. The van der Waals surface area contributed by atoms with Crippen LogP contribution in [-0.4, -0.2) is 29.8 Å². The van der Waals surface area contributed by atoms with Crippen LogP contribution in [-0.2, 0) is 6.54 Å². The van der Waals surface area contributed by atoms with Crippen molar-refractivity contribution in [1.29, 1.82) is 0 Å². The molecule has 0 bridgehead atoms. The monoisotopic (exact) mass is 445 g/mol. The van der Waals surface area contributed by atoms with E-state index in [0.29, 0.717) is 23.2 Å². The quantitative estimate of drug-likeness (QED) is 0.485. The van der Waals surface area contributed by atoms with Crippen molar-refractivity contribution in [2.75, 3.05) is 0 Å². The Morgan fingerprint density at radius 2 is 2.00 bits per heavy atom. The molecule has 4 aromatic rings. The first-order chi connectivity index (χ1) is 12.2. The average Bonchev–Trinajstić information content (AvgIpc) is 3.04. The fourth-order valence-corrected chi connectivity index (χ4v) is 2.94. The fraction of sp³-hybridized carbons (Fsp3) is 0.0588. The third-order valence-electron chi connectivity index (χ3n) is 3.57. The van der Waals surface area contributed by atoms with Crippen molar-refractivity contribution in [3.63, 3.8) is 0 Å². The Kier molecular flexibility index (Phi) is 4.18. The molecule has 3 heterocycles. The van der Waals surface area contributed by atoms with E-state index in [1.807, 2.05) is 12.1 Å². The summed E-state index contributed by atoms with van der Waals surface area (Å²) < 4.78 is 8.57. The van der Waals surface area contributed by atoms with Crippen LogP contribution in [0.5, 0.6) is 17.6 Å². The van der Waals surface area contributed by atoms with E-state index in [-0.39, 0.29) is 11.9 Å². The largest absolute Gasteiger partial charge is 0.493 e. The Morgan fingerprint density at radius 1 is 1.12 bits per heavy atom. The molecular formula is C17H12IN5O2. The lowest BCUT2D eigenvalue weighted by Gasteiger charge is -2.05. The van der Waals surface area contributed by atoms with Crippen LogP contribution in [0.1, 0.15) is 5.56 Å². The van der Waals surface area contributed by atoms with Gasteiger partial charge in [-0.15, -0.1) is 0 Å². The lowest BCUT2D eigenvalue weighted by atomic mass is 10.2. The van der Waals surface area contributed by atoms with Crippen LogP contribution in [0.3, 0.4) is 0 Å². The summed E-state index contributed by atoms with van der Waals surface area (Å²) in [5.41, 5.74) is 1.68. The van der Waals surface area contributed by atoms with Gasteiger partial charge in [0.2, 0.25) is 5.88 Å². The van der Waals surface area contributed by atoms with Gasteiger partial charge >= 0.3 is 6.01 Å². The highest BCUT2D eigenvalue weighted by Crippen LogP contribution is 2.25. The number of benzene rings is 1. The number of hydrogen-bond acceptors (Lipinski definition) is 6. The van der Waals surface area contributed by atoms with Crippen molar-refractivity contribution < 1.29 is 9.84 Å². The van der Waals surface area contributed by atoms with Crippen LogP contribution in [0, 0.1) is 3.57 Å². The third-order valence-corrected chi connectivity index (χ3v) is 4.62. The molecule has 0 aliphatic heterocycles. The molecule has 0 atom stereocenters. The van der Waals surface area contributed by atoms with Crippen molar-refractivity contribution >= 4 is 33.5 Å². The van der Waals surface area contributed by atoms with Crippen molar-refractivity contribution in [2.45, 2.75) is 6.54 Å². The first kappa shape index (κ1) is 15.8. The van der Waals surface area contributed by atoms with Crippen LogP contribution in [0.4, 0.5) is 0 Å². The molecule has 124 valence electrons. The van der Waals surface area contributed by atoms with Gasteiger partial charge < -0.3 is 9.84 Å². The highest BCUT2D eigenvalue weighted by atomic mass is 127. The lowest BCUT2D eigenvalue weighted by molar-refractivity contribution is 0.411. The van der Waals surface area contributed by atoms with Gasteiger partial charge in [-0.3, -0.25) is 9.67 Å². The molecule has 1 N–H and O–H groups in total. The molecule has 0 aliphatic rings. The highest BCUT2D eigenvalue weighted by molar-refractivity contribution is 14.1. The average molecular weight is 445 g/mol. The molecule has 8 heteroatoms. The van der Waals surface area contributed by atoms with Crippen LogP contribution in [0.25, 0.3) is 10.9 Å². The highest BCUT2D eigenvalue weighted by Gasteiger charge is 2.10. The molecule has 0 saturated carbocycles. The summed E-state index contributed by atoms with van der Waals surface area (Å²) in [5, 5.41) is 14.8. The van der Waals surface area contributed by atoms with Gasteiger partial charge in [0.15, 0.2) is 5.75 Å². The van der Waals surface area contributed by atoms with E-state index in [1.54, 1.807) is 35.5 Å². The minimum Gasteiger partial charge on any atom is -0.493 e. The number of fused-ring (bicyclic) bond motifs is 1. The molecule has 0 fully saturated rings. The number of rotatable bonds is 4. The number of pyridine rings is 1. The molecule has 0 radical (unpaired) electrons. The summed E-state index contributed by atoms with van der Waals surface area (Å²) >= 11 is 2.30. The molecule has 7 nitrogen and oxygen atoms in total. The smallest absolute Gasteiger partial charge is 0.326 e. The predicted octanol–water partition coefficient (Wildman–Crippen LogP) is 3.37. The Balaban J connectivity index is 1.56. The minimum absolute atomic E-state index is 0.0480. The maximum Gasteiger partial charge on any atom is 0.326 e. The maximum absolute atomic E-state index is 9.98. The second-order valence-corrected chi connectivity index (χ2v) is 6.45. The standard InChI is InChI=1S/C17H12IN5O2/c18-14-4-2-1-3-11(14)9-23-10-12(7-20-23)25-17-21-15-8-19-6-5-13(15)16(24)22-17/h1-8,10H,9H2,(H,21,22,24). The molecule has 0 spiro atoms. The molecule has 0 aliphatic carbocycles. The summed E-state index contributed by atoms with van der Waals surface area (Å²) in [6, 6.07) is 9.80. The van der Waals surface area contributed by atoms with Gasteiger partial charge in [0.1, 0.15) is 0 Å². The van der Waals surface area contributed by atoms with Crippen LogP contribution < -0.4 is 4.74 Å². The Labute approximate surface area is 156 Å². The van der Waals surface area contributed by atoms with Gasteiger partial charge in [0.05, 0.1) is 36.0 Å². The number of aromatic hydroxyl groups is 1. The molecule has 0 unspecified atom stereocenters. The van der Waals surface area contributed by atoms with Gasteiger partial charge in [-0.25, -0.2) is 0 Å². The van der Waals surface area contributed by atoms with Crippen molar-refractivity contribution in [3.8, 4) is 17.6 Å². The van der Waals surface area contributed by atoms with E-state index in [2.05, 4.69) is 54.8 Å². The normalized spacial score (nSPS) is 10.9. The summed E-state index contributed by atoms with van der Waals surface area (Å²) in [7, 11) is 0. The number of aromatic nitrogens is 5. The summed E-state index contributed by atoms with van der Waals surface area (Å²) in [6.45, 7) is 0.635. The SMILES string of the molecule is Oc1nc(Oc2cnn(Cc3ccccc3I)c2)nc2cnccc12. The Morgan fingerprint density at radius 3 is 2.88 bits per heavy atom. The number of halogens is 1. The molecule has 0 saturated heterocycles. The van der Waals surface area contributed by atoms with Crippen LogP contribution >= 0.6 is 22.6 Å². The third kappa shape index (κ3) is 3.38. The van der Waals surface area contributed by atoms with Crippen molar-refractivity contribution in [2.24, 2.45) is 0 Å². The van der Waals surface area contributed by atoms with Crippen molar-refractivity contribution in [1.82, 2.24) is 24.7 Å². The van der Waals surface area contributed by atoms with E-state index in [1.165, 1.54) is 9.13 Å². The maximum atomic E-state index is 9.98. The van der Waals surface area contributed by atoms with Gasteiger partial charge in [-0.1, -0.05) is 18.2 Å². The Bertz CT molecular complexity index is 1050. The second kappa shape index (κ2) is 6.63. The molecule has 1 aromatic carbocycles. The molecule has 25 heavy (non-hydrogen) atoms. The van der Waals surface area contributed by atoms with Crippen molar-refractivity contribution in [3.05, 3.63) is 64.3 Å². The van der Waals surface area contributed by atoms with E-state index < -0.39 is 0 Å². The number of nitrogens with zero attached hydrogens (tertiary/aromatic N) is 5. The topological polar surface area (TPSA) is 86.0 Å². The van der Waals surface area contributed by atoms with Gasteiger partial charge in [-0.2, -0.15) is 15.1 Å². The fourth-order valence-electron chi connectivity index (χ4n) is 2.38. The lowest BCUT2D eigenvalue weighted by Crippen LogP contribution is -2.01. The minimum atomic E-state index is -0.145. The zero-order valence-corrected chi connectivity index (χ0v) is 15.0. The molecular weight excluding hydrogens is 433 g/mol. The summed E-state index contributed by atoms with van der Waals surface area (Å²) in [4.78, 5) is 12.2. The van der Waals surface area contributed by atoms with E-state index in [9.17, 15) is 5.11 Å². The van der Waals surface area contributed by atoms with E-state index >= 15 is 0 Å². The molecule has 0 amide bonds. The summed E-state index contributed by atoms with van der Waals surface area (Å²) in [5.74, 6) is 0.349. The molecule has 3 aromatic heterocycles. The zero-order chi connectivity index (χ0) is 17.2. The van der Waals surface area contributed by atoms with Crippen LogP contribution in [0.2, 0.25) is 0 Å². The second-order valence-electron chi connectivity index (χ2n) is 5.29. The Hall–Kier alpha value is -2.75. The van der Waals surface area contributed by atoms with Gasteiger partial charge in [-0.05, 0) is 40.3 Å². The van der Waals surface area contributed by atoms with Gasteiger partial charge in [0.25, 0.3) is 0 Å². The molecule has 4 rings (SSSR count). The number of ether oxygens (including phenoxy) is 1. The zero-order valence-electron chi connectivity index (χ0n) is 12.9.